The number of nitrogens with zero attached hydrogens (tertiary/aromatic N) is 1. The van der Waals surface area contributed by atoms with Crippen LogP contribution in [0.3, 0.4) is 0 Å². The van der Waals surface area contributed by atoms with E-state index in [2.05, 4.69) is 15.3 Å². The zero-order valence-electron chi connectivity index (χ0n) is 11.7. The van der Waals surface area contributed by atoms with Gasteiger partial charge in [0.25, 0.3) is 5.91 Å². The third kappa shape index (κ3) is 3.79. The Morgan fingerprint density at radius 2 is 2.24 bits per heavy atom. The summed E-state index contributed by atoms with van der Waals surface area (Å²) in [6, 6.07) is 1.73. The second-order valence-electron chi connectivity index (χ2n) is 4.74. The molecule has 2 aromatic rings. The minimum Gasteiger partial charge on any atom is -0.366 e. The Bertz CT molecular complexity index is 671. The van der Waals surface area contributed by atoms with E-state index in [1.54, 1.807) is 18.3 Å². The van der Waals surface area contributed by atoms with E-state index in [1.165, 1.54) is 23.7 Å². The van der Waals surface area contributed by atoms with Crippen LogP contribution >= 0.6 is 11.3 Å². The Kier molecular flexibility index (Phi) is 4.54. The highest BCUT2D eigenvalue weighted by Crippen LogP contribution is 2.32. The molecule has 4 N–H and O–H groups in total. The van der Waals surface area contributed by atoms with Crippen molar-refractivity contribution in [1.82, 2.24) is 9.97 Å². The van der Waals surface area contributed by atoms with Gasteiger partial charge in [0, 0.05) is 11.0 Å². The predicted molar refractivity (Wildman–Crippen MR) is 83.2 cm³/mol. The molecule has 2 rings (SSSR count). The predicted octanol–water partition coefficient (Wildman–Crippen LogP) is 2.35. The van der Waals surface area contributed by atoms with Crippen molar-refractivity contribution in [2.45, 2.75) is 19.8 Å². The molecule has 0 spiro atoms. The van der Waals surface area contributed by atoms with Crippen molar-refractivity contribution in [1.29, 1.82) is 0 Å². The highest BCUT2D eigenvalue weighted by atomic mass is 32.1. The number of aromatic nitrogens is 2. The lowest BCUT2D eigenvalue weighted by Gasteiger charge is -2.00. The van der Waals surface area contributed by atoms with Crippen molar-refractivity contribution in [3.05, 3.63) is 40.8 Å². The van der Waals surface area contributed by atoms with Crippen LogP contribution in [0.25, 0.3) is 6.08 Å². The molecule has 7 heteroatoms. The molecule has 6 nitrogen and oxygen atoms in total. The zero-order valence-corrected chi connectivity index (χ0v) is 12.5. The Morgan fingerprint density at radius 3 is 2.81 bits per heavy atom. The van der Waals surface area contributed by atoms with Crippen molar-refractivity contribution in [3.63, 3.8) is 0 Å². The molecule has 0 bridgehead atoms. The molecule has 2 aromatic heterocycles. The molecule has 0 saturated carbocycles. The number of carbonyl (C=O) groups excluding carboxylic acids is 2. The fraction of sp³-hybridized carbons (Fsp3) is 0.214. The number of amides is 2. The molecule has 110 valence electrons. The van der Waals surface area contributed by atoms with Gasteiger partial charge in [-0.25, -0.2) is 4.98 Å². The van der Waals surface area contributed by atoms with Gasteiger partial charge in [-0.2, -0.15) is 0 Å². The van der Waals surface area contributed by atoms with E-state index in [0.29, 0.717) is 16.3 Å². The smallest absolute Gasteiger partial charge is 0.251 e. The minimum atomic E-state index is -0.550. The third-order valence-corrected chi connectivity index (χ3v) is 4.11. The zero-order chi connectivity index (χ0) is 15.4. The van der Waals surface area contributed by atoms with E-state index in [-0.39, 0.29) is 11.8 Å². The normalized spacial score (nSPS) is 11.2. The summed E-state index contributed by atoms with van der Waals surface area (Å²) in [7, 11) is 0. The van der Waals surface area contributed by atoms with Crippen molar-refractivity contribution < 1.29 is 9.59 Å². The van der Waals surface area contributed by atoms with Crippen LogP contribution in [0.1, 0.15) is 40.7 Å². The first-order valence-electron chi connectivity index (χ1n) is 6.38. The summed E-state index contributed by atoms with van der Waals surface area (Å²) < 4.78 is 0. The van der Waals surface area contributed by atoms with Gasteiger partial charge in [0.05, 0.1) is 23.8 Å². The van der Waals surface area contributed by atoms with Gasteiger partial charge in [-0.3, -0.25) is 9.59 Å². The van der Waals surface area contributed by atoms with E-state index in [4.69, 9.17) is 5.73 Å². The first-order valence-corrected chi connectivity index (χ1v) is 7.20. The maximum Gasteiger partial charge on any atom is 0.251 e. The van der Waals surface area contributed by atoms with Crippen molar-refractivity contribution in [3.8, 4) is 0 Å². The van der Waals surface area contributed by atoms with Crippen molar-refractivity contribution in [2.75, 3.05) is 5.32 Å². The Hall–Kier alpha value is -2.41. The maximum atomic E-state index is 11.9. The summed E-state index contributed by atoms with van der Waals surface area (Å²) in [6.07, 6.45) is 6.09. The average Bonchev–Trinajstić information content (AvgIpc) is 3.05. The molecule has 0 radical (unpaired) electrons. The van der Waals surface area contributed by atoms with Gasteiger partial charge >= 0.3 is 0 Å². The molecule has 0 unspecified atom stereocenters. The van der Waals surface area contributed by atoms with E-state index in [1.807, 2.05) is 13.8 Å². The van der Waals surface area contributed by atoms with Crippen LogP contribution in [0.5, 0.6) is 0 Å². The number of hydrogen-bond acceptors (Lipinski definition) is 4. The van der Waals surface area contributed by atoms with Crippen molar-refractivity contribution >= 4 is 34.2 Å². The number of anilines is 1. The third-order valence-electron chi connectivity index (χ3n) is 2.76. The number of aromatic amines is 1. The molecule has 0 aromatic carbocycles. The largest absolute Gasteiger partial charge is 0.366 e. The molecule has 0 aliphatic rings. The molecule has 0 aliphatic carbocycles. The summed E-state index contributed by atoms with van der Waals surface area (Å²) in [5.74, 6) is -0.616. The van der Waals surface area contributed by atoms with Crippen LogP contribution in [-0.4, -0.2) is 21.8 Å². The summed E-state index contributed by atoms with van der Waals surface area (Å²) in [5.41, 5.74) is 6.40. The summed E-state index contributed by atoms with van der Waals surface area (Å²) in [6.45, 7) is 4.03. The second kappa shape index (κ2) is 6.36. The number of carbonyl (C=O) groups is 2. The van der Waals surface area contributed by atoms with Crippen LogP contribution < -0.4 is 11.1 Å². The van der Waals surface area contributed by atoms with Crippen LogP contribution in [0, 0.1) is 0 Å². The number of nitrogens with two attached hydrogens (primary N) is 1. The average molecular weight is 304 g/mol. The number of thiophene rings is 1. The number of imidazole rings is 1. The number of H-pyrrole nitrogens is 1. The lowest BCUT2D eigenvalue weighted by molar-refractivity contribution is -0.111. The van der Waals surface area contributed by atoms with Gasteiger partial charge in [-0.1, -0.05) is 13.8 Å². The van der Waals surface area contributed by atoms with E-state index >= 15 is 0 Å². The van der Waals surface area contributed by atoms with E-state index in [0.717, 1.165) is 4.88 Å². The Balaban J connectivity index is 2.14. The second-order valence-corrected chi connectivity index (χ2v) is 5.82. The maximum absolute atomic E-state index is 11.9. The highest BCUT2D eigenvalue weighted by molar-refractivity contribution is 7.16. The summed E-state index contributed by atoms with van der Waals surface area (Å²) in [5, 5.41) is 3.16. The van der Waals surface area contributed by atoms with Crippen LogP contribution in [0.15, 0.2) is 24.7 Å². The van der Waals surface area contributed by atoms with Crippen molar-refractivity contribution in [2.24, 2.45) is 5.73 Å². The van der Waals surface area contributed by atoms with Gasteiger partial charge in [0.15, 0.2) is 0 Å². The molecule has 2 heterocycles. The Morgan fingerprint density at radius 1 is 1.48 bits per heavy atom. The molecule has 0 fully saturated rings. The van der Waals surface area contributed by atoms with Crippen LogP contribution in [-0.2, 0) is 4.79 Å². The highest BCUT2D eigenvalue weighted by Gasteiger charge is 2.16. The lowest BCUT2D eigenvalue weighted by atomic mass is 10.1. The summed E-state index contributed by atoms with van der Waals surface area (Å²) in [4.78, 5) is 31.0. The lowest BCUT2D eigenvalue weighted by Crippen LogP contribution is -2.14. The van der Waals surface area contributed by atoms with Gasteiger partial charge in [-0.15, -0.1) is 11.3 Å². The topological polar surface area (TPSA) is 101 Å². The van der Waals surface area contributed by atoms with E-state index < -0.39 is 5.91 Å². The van der Waals surface area contributed by atoms with Crippen LogP contribution in [0.2, 0.25) is 0 Å². The SMILES string of the molecule is CC(C)c1cc(C(N)=O)c(NC(=O)C=Cc2cnc[nH]2)s1. The monoisotopic (exact) mass is 304 g/mol. The first-order chi connectivity index (χ1) is 9.97. The summed E-state index contributed by atoms with van der Waals surface area (Å²) >= 11 is 1.36. The molecule has 0 saturated heterocycles. The fourth-order valence-electron chi connectivity index (χ4n) is 1.65. The first kappa shape index (κ1) is 15.0. The minimum absolute atomic E-state index is 0.263. The van der Waals surface area contributed by atoms with Crippen LogP contribution in [0.4, 0.5) is 5.00 Å². The van der Waals surface area contributed by atoms with Gasteiger partial charge < -0.3 is 16.0 Å². The molecule has 21 heavy (non-hydrogen) atoms. The van der Waals surface area contributed by atoms with Gasteiger partial charge in [-0.05, 0) is 18.1 Å². The number of nitrogens with one attached hydrogen (secondary N) is 2. The molecular weight excluding hydrogens is 288 g/mol. The van der Waals surface area contributed by atoms with Gasteiger partial charge in [0.2, 0.25) is 5.91 Å². The molecular formula is C14H16N4O2S. The fourth-order valence-corrected chi connectivity index (χ4v) is 2.72. The Labute approximate surface area is 126 Å². The van der Waals surface area contributed by atoms with Gasteiger partial charge in [0.1, 0.15) is 5.00 Å². The molecule has 2 amide bonds. The number of rotatable bonds is 5. The quantitative estimate of drug-likeness (QED) is 0.739. The standard InChI is InChI=1S/C14H16N4O2S/c1-8(2)11-5-10(13(15)20)14(21-11)18-12(19)4-3-9-6-16-7-17-9/h3-8H,1-2H3,(H2,15,20)(H,16,17)(H,18,19). The number of hydrogen-bond donors (Lipinski definition) is 3. The molecule has 0 atom stereocenters. The van der Waals surface area contributed by atoms with E-state index in [9.17, 15) is 9.59 Å². The number of primary amides is 1. The molecule has 0 aliphatic heterocycles.